The van der Waals surface area contributed by atoms with Crippen molar-refractivity contribution in [3.8, 4) is 0 Å². The van der Waals surface area contributed by atoms with Gasteiger partial charge < -0.3 is 11.1 Å². The van der Waals surface area contributed by atoms with Crippen molar-refractivity contribution < 1.29 is 4.79 Å². The molecule has 3 N–H and O–H groups in total. The molecule has 0 aromatic carbocycles. The van der Waals surface area contributed by atoms with Gasteiger partial charge in [-0.3, -0.25) is 4.79 Å². The van der Waals surface area contributed by atoms with E-state index in [0.29, 0.717) is 6.04 Å². The van der Waals surface area contributed by atoms with Crippen LogP contribution in [0.4, 0.5) is 0 Å². The van der Waals surface area contributed by atoms with Crippen LogP contribution < -0.4 is 11.1 Å². The number of nitrogens with one attached hydrogen (secondary N) is 1. The molecule has 1 aromatic rings. The van der Waals surface area contributed by atoms with Gasteiger partial charge in [0.25, 0.3) is 0 Å². The number of nitrogens with zero attached hydrogens (tertiary/aromatic N) is 1. The number of carbonyl (C=O) groups is 1. The van der Waals surface area contributed by atoms with E-state index < -0.39 is 0 Å². The molecule has 0 saturated carbocycles. The summed E-state index contributed by atoms with van der Waals surface area (Å²) in [7, 11) is 0. The van der Waals surface area contributed by atoms with Gasteiger partial charge in [0.2, 0.25) is 5.91 Å². The Labute approximate surface area is 86.5 Å². The lowest BCUT2D eigenvalue weighted by molar-refractivity contribution is -0.117. The first-order chi connectivity index (χ1) is 6.75. The van der Waals surface area contributed by atoms with Gasteiger partial charge in [-0.1, -0.05) is 0 Å². The van der Waals surface area contributed by atoms with E-state index in [1.807, 2.05) is 5.38 Å². The Kier molecular flexibility index (Phi) is 2.79. The smallest absolute Gasteiger partial charge is 0.224 e. The average Bonchev–Trinajstić information content (AvgIpc) is 2.69. The topological polar surface area (TPSA) is 68.0 Å². The Morgan fingerprint density at radius 1 is 1.79 bits per heavy atom. The van der Waals surface area contributed by atoms with E-state index in [9.17, 15) is 4.79 Å². The molecule has 1 saturated heterocycles. The minimum Gasteiger partial charge on any atom is -0.369 e. The predicted molar refractivity (Wildman–Crippen MR) is 55.0 cm³/mol. The summed E-state index contributed by atoms with van der Waals surface area (Å²) < 4.78 is 0. The minimum atomic E-state index is -0.315. The van der Waals surface area contributed by atoms with E-state index in [1.165, 1.54) is 17.8 Å². The van der Waals surface area contributed by atoms with Crippen LogP contribution in [-0.2, 0) is 11.2 Å². The zero-order valence-corrected chi connectivity index (χ0v) is 8.64. The highest BCUT2D eigenvalue weighted by Crippen LogP contribution is 2.24. The molecule has 1 unspecified atom stereocenters. The van der Waals surface area contributed by atoms with Gasteiger partial charge in [0.15, 0.2) is 0 Å². The van der Waals surface area contributed by atoms with Gasteiger partial charge in [-0.25, -0.2) is 4.98 Å². The number of primary amides is 1. The third-order valence-electron chi connectivity index (χ3n) is 2.31. The molecule has 1 amide bonds. The monoisotopic (exact) mass is 211 g/mol. The molecule has 5 heteroatoms. The summed E-state index contributed by atoms with van der Waals surface area (Å²) in [5.74, 6) is -0.315. The average molecular weight is 211 g/mol. The van der Waals surface area contributed by atoms with Crippen molar-refractivity contribution in [1.82, 2.24) is 10.3 Å². The molecule has 1 aliphatic rings. The maximum Gasteiger partial charge on any atom is 0.224 e. The highest BCUT2D eigenvalue weighted by atomic mass is 32.1. The van der Waals surface area contributed by atoms with E-state index >= 15 is 0 Å². The predicted octanol–water partition coefficient (Wildman–Crippen LogP) is 0.595. The first-order valence-corrected chi connectivity index (χ1v) is 5.59. The number of hydrogen-bond donors (Lipinski definition) is 2. The number of hydrogen-bond acceptors (Lipinski definition) is 4. The SMILES string of the molecule is NC(=O)Cc1nc(C2CCCN2)cs1. The standard InChI is InChI=1S/C9H13N3OS/c10-8(13)4-9-12-7(5-14-9)6-2-1-3-11-6/h5-6,11H,1-4H2,(H2,10,13). The Bertz CT molecular complexity index is 331. The molecular weight excluding hydrogens is 198 g/mol. The Morgan fingerprint density at radius 2 is 2.64 bits per heavy atom. The molecule has 0 aliphatic carbocycles. The van der Waals surface area contributed by atoms with E-state index in [-0.39, 0.29) is 12.3 Å². The molecule has 1 aliphatic heterocycles. The second-order valence-electron chi connectivity index (χ2n) is 3.46. The summed E-state index contributed by atoms with van der Waals surface area (Å²) in [5, 5.41) is 6.20. The number of thiazole rings is 1. The maximum absolute atomic E-state index is 10.7. The van der Waals surface area contributed by atoms with Crippen LogP contribution in [0.2, 0.25) is 0 Å². The van der Waals surface area contributed by atoms with Gasteiger partial charge in [-0.05, 0) is 19.4 Å². The van der Waals surface area contributed by atoms with E-state index in [2.05, 4.69) is 10.3 Å². The Morgan fingerprint density at radius 3 is 3.29 bits per heavy atom. The molecule has 4 nitrogen and oxygen atoms in total. The summed E-state index contributed by atoms with van der Waals surface area (Å²) in [5.41, 5.74) is 6.16. The minimum absolute atomic E-state index is 0.261. The lowest BCUT2D eigenvalue weighted by Crippen LogP contribution is -2.15. The first kappa shape index (κ1) is 9.61. The van der Waals surface area contributed by atoms with Crippen molar-refractivity contribution in [3.63, 3.8) is 0 Å². The van der Waals surface area contributed by atoms with Gasteiger partial charge in [0.05, 0.1) is 18.2 Å². The number of amides is 1. The van der Waals surface area contributed by atoms with Crippen molar-refractivity contribution in [2.45, 2.75) is 25.3 Å². The third-order valence-corrected chi connectivity index (χ3v) is 3.18. The summed E-state index contributed by atoms with van der Waals surface area (Å²) in [4.78, 5) is 15.1. The van der Waals surface area contributed by atoms with E-state index in [4.69, 9.17) is 5.73 Å². The van der Waals surface area contributed by atoms with Gasteiger partial charge in [-0.15, -0.1) is 11.3 Å². The number of carbonyl (C=O) groups excluding carboxylic acids is 1. The normalized spacial score (nSPS) is 21.3. The van der Waals surface area contributed by atoms with Crippen LogP contribution in [0.25, 0.3) is 0 Å². The van der Waals surface area contributed by atoms with Crippen molar-refractivity contribution >= 4 is 17.2 Å². The Balaban J connectivity index is 2.05. The van der Waals surface area contributed by atoms with Gasteiger partial charge in [-0.2, -0.15) is 0 Å². The second kappa shape index (κ2) is 4.06. The molecule has 76 valence electrons. The fourth-order valence-electron chi connectivity index (χ4n) is 1.65. The molecule has 14 heavy (non-hydrogen) atoms. The van der Waals surface area contributed by atoms with Crippen LogP contribution in [-0.4, -0.2) is 17.4 Å². The third kappa shape index (κ3) is 2.10. The van der Waals surface area contributed by atoms with Crippen molar-refractivity contribution in [3.05, 3.63) is 16.1 Å². The van der Waals surface area contributed by atoms with Crippen LogP contribution in [0.1, 0.15) is 29.6 Å². The fourth-order valence-corrected chi connectivity index (χ4v) is 2.51. The number of rotatable bonds is 3. The number of nitrogens with two attached hydrogens (primary N) is 1. The highest BCUT2D eigenvalue weighted by molar-refractivity contribution is 7.09. The summed E-state index contributed by atoms with van der Waals surface area (Å²) in [6.07, 6.45) is 2.60. The van der Waals surface area contributed by atoms with Gasteiger partial charge >= 0.3 is 0 Å². The molecular formula is C9H13N3OS. The molecule has 2 heterocycles. The van der Waals surface area contributed by atoms with Gasteiger partial charge in [0, 0.05) is 5.38 Å². The molecule has 2 rings (SSSR count). The molecule has 0 bridgehead atoms. The maximum atomic E-state index is 10.7. The van der Waals surface area contributed by atoms with Crippen LogP contribution in [0.3, 0.4) is 0 Å². The highest BCUT2D eigenvalue weighted by Gasteiger charge is 2.18. The van der Waals surface area contributed by atoms with Crippen molar-refractivity contribution in [1.29, 1.82) is 0 Å². The zero-order chi connectivity index (χ0) is 9.97. The van der Waals surface area contributed by atoms with Crippen molar-refractivity contribution in [2.75, 3.05) is 6.54 Å². The number of aromatic nitrogens is 1. The van der Waals surface area contributed by atoms with E-state index in [1.54, 1.807) is 0 Å². The van der Waals surface area contributed by atoms with E-state index in [0.717, 1.165) is 23.7 Å². The van der Waals surface area contributed by atoms with Gasteiger partial charge in [0.1, 0.15) is 5.01 Å². The second-order valence-corrected chi connectivity index (χ2v) is 4.40. The molecule has 0 spiro atoms. The van der Waals surface area contributed by atoms with Crippen LogP contribution in [0.5, 0.6) is 0 Å². The fraction of sp³-hybridized carbons (Fsp3) is 0.556. The molecule has 1 atom stereocenters. The lowest BCUT2D eigenvalue weighted by Gasteiger charge is -2.04. The molecule has 1 aromatic heterocycles. The summed E-state index contributed by atoms with van der Waals surface area (Å²) in [6, 6.07) is 0.382. The first-order valence-electron chi connectivity index (χ1n) is 4.71. The van der Waals surface area contributed by atoms with Crippen LogP contribution in [0.15, 0.2) is 5.38 Å². The largest absolute Gasteiger partial charge is 0.369 e. The van der Waals surface area contributed by atoms with Crippen molar-refractivity contribution in [2.24, 2.45) is 5.73 Å². The lowest BCUT2D eigenvalue weighted by atomic mass is 10.2. The molecule has 1 fully saturated rings. The zero-order valence-electron chi connectivity index (χ0n) is 7.82. The summed E-state index contributed by atoms with van der Waals surface area (Å²) >= 11 is 1.51. The quantitative estimate of drug-likeness (QED) is 0.769. The summed E-state index contributed by atoms with van der Waals surface area (Å²) in [6.45, 7) is 1.06. The van der Waals surface area contributed by atoms with Crippen LogP contribution >= 0.6 is 11.3 Å². The van der Waals surface area contributed by atoms with Crippen LogP contribution in [0, 0.1) is 0 Å². The molecule has 0 radical (unpaired) electrons. The Hall–Kier alpha value is -0.940.